The minimum absolute atomic E-state index is 0.0507. The van der Waals surface area contributed by atoms with E-state index < -0.39 is 5.82 Å². The number of nitrogens with zero attached hydrogens (tertiary/aromatic N) is 3. The molecule has 0 aliphatic heterocycles. The van der Waals surface area contributed by atoms with Crippen LogP contribution in [-0.4, -0.2) is 14.8 Å². The Bertz CT molecular complexity index is 540. The van der Waals surface area contributed by atoms with E-state index >= 15 is 0 Å². The lowest BCUT2D eigenvalue weighted by Gasteiger charge is -2.08. The Kier molecular flexibility index (Phi) is 3.64. The maximum atomic E-state index is 13.9. The summed E-state index contributed by atoms with van der Waals surface area (Å²) in [7, 11) is 0. The van der Waals surface area contributed by atoms with Crippen LogP contribution in [0.5, 0.6) is 0 Å². The predicted octanol–water partition coefficient (Wildman–Crippen LogP) is 3.67. The van der Waals surface area contributed by atoms with Gasteiger partial charge in [0.05, 0.1) is 10.7 Å². The number of rotatable bonds is 3. The zero-order valence-corrected chi connectivity index (χ0v) is 10.6. The third kappa shape index (κ3) is 2.28. The number of hydrogen-bond acceptors (Lipinski definition) is 2. The minimum atomic E-state index is -0.520. The lowest BCUT2D eigenvalue weighted by molar-refractivity contribution is 0.614. The van der Waals surface area contributed by atoms with Gasteiger partial charge in [0.2, 0.25) is 5.28 Å². The van der Waals surface area contributed by atoms with Crippen molar-refractivity contribution in [2.75, 3.05) is 0 Å². The molecule has 2 aromatic rings. The quantitative estimate of drug-likeness (QED) is 0.855. The molecule has 0 atom stereocenters. The van der Waals surface area contributed by atoms with Crippen LogP contribution in [0.2, 0.25) is 10.3 Å². The summed E-state index contributed by atoms with van der Waals surface area (Å²) in [6.45, 7) is 2.00. The van der Waals surface area contributed by atoms with Gasteiger partial charge in [-0.1, -0.05) is 24.6 Å². The van der Waals surface area contributed by atoms with Gasteiger partial charge in [-0.3, -0.25) is 4.57 Å². The molecule has 3 nitrogen and oxygen atoms in total. The van der Waals surface area contributed by atoms with Gasteiger partial charge in [-0.2, -0.15) is 0 Å². The second kappa shape index (κ2) is 5.02. The van der Waals surface area contributed by atoms with E-state index in [-0.39, 0.29) is 16.0 Å². The molecule has 6 heteroatoms. The second-order valence-electron chi connectivity index (χ2n) is 3.54. The van der Waals surface area contributed by atoms with E-state index in [1.165, 1.54) is 10.6 Å². The molecule has 0 amide bonds. The summed E-state index contributed by atoms with van der Waals surface area (Å²) in [4.78, 5) is 0. The zero-order chi connectivity index (χ0) is 12.4. The summed E-state index contributed by atoms with van der Waals surface area (Å²) in [5.41, 5.74) is 0.274. The van der Waals surface area contributed by atoms with Crippen LogP contribution in [0, 0.1) is 5.82 Å². The number of aromatic nitrogens is 3. The van der Waals surface area contributed by atoms with Crippen LogP contribution < -0.4 is 0 Å². The molecule has 2 rings (SSSR count). The standard InChI is InChI=1S/C11H10Cl2FN3/c1-2-4-9-15-16-11(13)17(9)8-6-3-5-7(12)10(8)14/h3,5-6H,2,4H2,1H3. The largest absolute Gasteiger partial charge is 0.267 e. The van der Waals surface area contributed by atoms with Crippen LogP contribution in [0.1, 0.15) is 19.2 Å². The molecular formula is C11H10Cl2FN3. The molecule has 1 heterocycles. The van der Waals surface area contributed by atoms with Gasteiger partial charge in [-0.05, 0) is 30.2 Å². The normalized spacial score (nSPS) is 10.8. The Labute approximate surface area is 108 Å². The number of hydrogen-bond donors (Lipinski definition) is 0. The molecule has 0 bridgehead atoms. The monoisotopic (exact) mass is 273 g/mol. The topological polar surface area (TPSA) is 30.7 Å². The van der Waals surface area contributed by atoms with E-state index in [0.29, 0.717) is 12.2 Å². The Morgan fingerprint density at radius 2 is 2.06 bits per heavy atom. The molecule has 1 aromatic carbocycles. The fraction of sp³-hybridized carbons (Fsp3) is 0.273. The maximum Gasteiger partial charge on any atom is 0.229 e. The van der Waals surface area contributed by atoms with E-state index in [1.54, 1.807) is 12.1 Å². The highest BCUT2D eigenvalue weighted by Gasteiger charge is 2.16. The van der Waals surface area contributed by atoms with Gasteiger partial charge in [0.1, 0.15) is 5.82 Å². The Hall–Kier alpha value is -1.13. The molecule has 17 heavy (non-hydrogen) atoms. The van der Waals surface area contributed by atoms with Gasteiger partial charge in [-0.15, -0.1) is 10.2 Å². The summed E-state index contributed by atoms with van der Waals surface area (Å²) in [6, 6.07) is 4.74. The predicted molar refractivity (Wildman–Crippen MR) is 65.3 cm³/mol. The number of aryl methyl sites for hydroxylation is 1. The highest BCUT2D eigenvalue weighted by atomic mass is 35.5. The lowest BCUT2D eigenvalue weighted by atomic mass is 10.2. The summed E-state index contributed by atoms with van der Waals surface area (Å²) in [6.07, 6.45) is 1.54. The van der Waals surface area contributed by atoms with Crippen molar-refractivity contribution in [3.8, 4) is 5.69 Å². The highest BCUT2D eigenvalue weighted by molar-refractivity contribution is 6.31. The third-order valence-electron chi connectivity index (χ3n) is 2.34. The van der Waals surface area contributed by atoms with Crippen molar-refractivity contribution in [1.29, 1.82) is 0 Å². The van der Waals surface area contributed by atoms with Gasteiger partial charge in [-0.25, -0.2) is 4.39 Å². The lowest BCUT2D eigenvalue weighted by Crippen LogP contribution is -2.04. The first-order valence-corrected chi connectivity index (χ1v) is 5.95. The Morgan fingerprint density at radius 3 is 2.76 bits per heavy atom. The van der Waals surface area contributed by atoms with Crippen molar-refractivity contribution >= 4 is 23.2 Å². The molecule has 0 fully saturated rings. The third-order valence-corrected chi connectivity index (χ3v) is 2.87. The van der Waals surface area contributed by atoms with Crippen LogP contribution in [0.15, 0.2) is 18.2 Å². The van der Waals surface area contributed by atoms with Crippen LogP contribution in [0.25, 0.3) is 5.69 Å². The van der Waals surface area contributed by atoms with E-state index in [9.17, 15) is 4.39 Å². The van der Waals surface area contributed by atoms with Crippen molar-refractivity contribution < 1.29 is 4.39 Å². The molecule has 0 aliphatic carbocycles. The van der Waals surface area contributed by atoms with Gasteiger partial charge in [0.15, 0.2) is 5.82 Å². The Morgan fingerprint density at radius 1 is 1.29 bits per heavy atom. The minimum Gasteiger partial charge on any atom is -0.267 e. The maximum absolute atomic E-state index is 13.9. The van der Waals surface area contributed by atoms with E-state index in [2.05, 4.69) is 10.2 Å². The van der Waals surface area contributed by atoms with Gasteiger partial charge >= 0.3 is 0 Å². The molecular weight excluding hydrogens is 264 g/mol. The van der Waals surface area contributed by atoms with Gasteiger partial charge in [0, 0.05) is 6.42 Å². The molecule has 90 valence electrons. The first-order valence-electron chi connectivity index (χ1n) is 5.19. The van der Waals surface area contributed by atoms with E-state index in [4.69, 9.17) is 23.2 Å². The fourth-order valence-corrected chi connectivity index (χ4v) is 1.98. The summed E-state index contributed by atoms with van der Waals surface area (Å²) in [5, 5.41) is 7.86. The van der Waals surface area contributed by atoms with Crippen molar-refractivity contribution in [3.05, 3.63) is 40.1 Å². The zero-order valence-electron chi connectivity index (χ0n) is 9.12. The average Bonchev–Trinajstić information content (AvgIpc) is 2.65. The average molecular weight is 274 g/mol. The summed E-state index contributed by atoms with van der Waals surface area (Å²) >= 11 is 11.7. The van der Waals surface area contributed by atoms with Crippen LogP contribution in [-0.2, 0) is 6.42 Å². The number of halogens is 3. The first kappa shape index (κ1) is 12.3. The van der Waals surface area contributed by atoms with Crippen molar-refractivity contribution in [2.24, 2.45) is 0 Å². The van der Waals surface area contributed by atoms with Crippen LogP contribution >= 0.6 is 23.2 Å². The van der Waals surface area contributed by atoms with Crippen molar-refractivity contribution in [3.63, 3.8) is 0 Å². The van der Waals surface area contributed by atoms with Crippen molar-refractivity contribution in [1.82, 2.24) is 14.8 Å². The second-order valence-corrected chi connectivity index (χ2v) is 4.29. The van der Waals surface area contributed by atoms with E-state index in [0.717, 1.165) is 6.42 Å². The van der Waals surface area contributed by atoms with Gasteiger partial charge < -0.3 is 0 Å². The smallest absolute Gasteiger partial charge is 0.229 e. The SMILES string of the molecule is CCCc1nnc(Cl)n1-c1cccc(Cl)c1F. The molecule has 0 spiro atoms. The highest BCUT2D eigenvalue weighted by Crippen LogP contribution is 2.25. The molecule has 0 N–H and O–H groups in total. The Balaban J connectivity index is 2.59. The van der Waals surface area contributed by atoms with Gasteiger partial charge in [0.25, 0.3) is 0 Å². The summed E-state index contributed by atoms with van der Waals surface area (Å²) < 4.78 is 15.4. The van der Waals surface area contributed by atoms with E-state index in [1.807, 2.05) is 6.92 Å². The summed E-state index contributed by atoms with van der Waals surface area (Å²) in [5.74, 6) is 0.104. The first-order chi connectivity index (χ1) is 8.15. The van der Waals surface area contributed by atoms with Crippen LogP contribution in [0.4, 0.5) is 4.39 Å². The van der Waals surface area contributed by atoms with Crippen molar-refractivity contribution in [2.45, 2.75) is 19.8 Å². The molecule has 0 unspecified atom stereocenters. The molecule has 0 radical (unpaired) electrons. The number of benzene rings is 1. The molecule has 1 aromatic heterocycles. The molecule has 0 saturated carbocycles. The molecule has 0 saturated heterocycles. The fourth-order valence-electron chi connectivity index (χ4n) is 1.58. The molecule has 0 aliphatic rings. The van der Waals surface area contributed by atoms with Crippen LogP contribution in [0.3, 0.4) is 0 Å².